The number of benzene rings is 1. The second kappa shape index (κ2) is 7.00. The third-order valence-electron chi connectivity index (χ3n) is 4.47. The highest BCUT2D eigenvalue weighted by molar-refractivity contribution is 6.31. The van der Waals surface area contributed by atoms with Gasteiger partial charge in [0.1, 0.15) is 5.82 Å². The lowest BCUT2D eigenvalue weighted by Gasteiger charge is -2.12. The Hall–Kier alpha value is -2.93. The van der Waals surface area contributed by atoms with E-state index in [0.717, 1.165) is 29.4 Å². The molecule has 0 bridgehead atoms. The number of hydrogen-bond acceptors (Lipinski definition) is 4. The Bertz CT molecular complexity index is 1000. The first-order valence-electron chi connectivity index (χ1n) is 8.38. The Balaban J connectivity index is 1.56. The molecule has 0 saturated carbocycles. The van der Waals surface area contributed by atoms with E-state index in [1.807, 2.05) is 16.8 Å². The van der Waals surface area contributed by atoms with Crippen molar-refractivity contribution < 1.29 is 13.9 Å². The molecule has 0 fully saturated rings. The maximum absolute atomic E-state index is 13.5. The van der Waals surface area contributed by atoms with E-state index in [4.69, 9.17) is 16.3 Å². The summed E-state index contributed by atoms with van der Waals surface area (Å²) in [6.07, 6.45) is 2.38. The molecule has 1 amide bonds. The Labute approximate surface area is 159 Å². The molecule has 0 unspecified atom stereocenters. The third kappa shape index (κ3) is 3.50. The minimum absolute atomic E-state index is 0.186. The molecular weight excluding hydrogens is 371 g/mol. The van der Waals surface area contributed by atoms with Crippen LogP contribution in [0.4, 0.5) is 4.39 Å². The molecule has 1 N–H and O–H groups in total. The van der Waals surface area contributed by atoms with E-state index in [0.29, 0.717) is 12.4 Å². The van der Waals surface area contributed by atoms with Gasteiger partial charge in [0.15, 0.2) is 0 Å². The molecule has 1 aliphatic heterocycles. The molecule has 3 heterocycles. The van der Waals surface area contributed by atoms with Gasteiger partial charge in [0.2, 0.25) is 5.88 Å². The number of fused-ring (bicyclic) bond motifs is 1. The van der Waals surface area contributed by atoms with Crippen LogP contribution in [0.25, 0.3) is 11.3 Å². The van der Waals surface area contributed by atoms with Crippen LogP contribution < -0.4 is 10.1 Å². The number of rotatable bonds is 4. The van der Waals surface area contributed by atoms with Gasteiger partial charge < -0.3 is 10.1 Å². The summed E-state index contributed by atoms with van der Waals surface area (Å²) in [6.45, 7) is 0.687. The molecule has 1 aromatic carbocycles. The van der Waals surface area contributed by atoms with Gasteiger partial charge in [0.25, 0.3) is 5.91 Å². The molecule has 138 valence electrons. The van der Waals surface area contributed by atoms with Gasteiger partial charge in [-0.25, -0.2) is 9.37 Å². The van der Waals surface area contributed by atoms with Crippen LogP contribution >= 0.6 is 11.6 Å². The van der Waals surface area contributed by atoms with Crippen LogP contribution in [-0.2, 0) is 6.54 Å². The number of nitrogens with zero attached hydrogens (tertiary/aromatic N) is 3. The Morgan fingerprint density at radius 3 is 2.96 bits per heavy atom. The minimum atomic E-state index is -0.543. The van der Waals surface area contributed by atoms with E-state index < -0.39 is 5.82 Å². The molecule has 0 saturated heterocycles. The quantitative estimate of drug-likeness (QED) is 0.743. The number of ether oxygens (including phenoxy) is 1. The van der Waals surface area contributed by atoms with Crippen molar-refractivity contribution in [3.8, 4) is 17.1 Å². The van der Waals surface area contributed by atoms with Crippen molar-refractivity contribution in [1.29, 1.82) is 0 Å². The van der Waals surface area contributed by atoms with Crippen LogP contribution in [-0.4, -0.2) is 27.8 Å². The summed E-state index contributed by atoms with van der Waals surface area (Å²) in [4.78, 5) is 16.6. The van der Waals surface area contributed by atoms with Crippen molar-refractivity contribution in [3.63, 3.8) is 0 Å². The molecule has 2 aromatic heterocycles. The fourth-order valence-electron chi connectivity index (χ4n) is 3.18. The third-order valence-corrected chi connectivity index (χ3v) is 4.69. The topological polar surface area (TPSA) is 69.0 Å². The van der Waals surface area contributed by atoms with Crippen molar-refractivity contribution in [2.75, 3.05) is 7.11 Å². The summed E-state index contributed by atoms with van der Waals surface area (Å²) in [5.41, 5.74) is 2.75. The molecule has 4 rings (SSSR count). The van der Waals surface area contributed by atoms with Gasteiger partial charge in [-0.3, -0.25) is 9.48 Å². The average Bonchev–Trinajstić information content (AvgIpc) is 3.23. The lowest BCUT2D eigenvalue weighted by molar-refractivity contribution is 0.0936. The number of amides is 1. The number of methoxy groups -OCH3 is 1. The number of pyridine rings is 1. The van der Waals surface area contributed by atoms with Crippen molar-refractivity contribution in [2.45, 2.75) is 19.0 Å². The van der Waals surface area contributed by atoms with Crippen LogP contribution in [0.3, 0.4) is 0 Å². The lowest BCUT2D eigenvalue weighted by atomic mass is 10.1. The first-order valence-corrected chi connectivity index (χ1v) is 8.76. The van der Waals surface area contributed by atoms with Crippen molar-refractivity contribution >= 4 is 17.5 Å². The maximum atomic E-state index is 13.5. The van der Waals surface area contributed by atoms with E-state index in [9.17, 15) is 9.18 Å². The van der Waals surface area contributed by atoms with Crippen LogP contribution in [0.2, 0.25) is 5.02 Å². The zero-order valence-electron chi connectivity index (χ0n) is 14.4. The molecule has 0 radical (unpaired) electrons. The first kappa shape index (κ1) is 17.5. The predicted molar refractivity (Wildman–Crippen MR) is 98.2 cm³/mol. The second-order valence-corrected chi connectivity index (χ2v) is 6.67. The SMILES string of the molecule is COc1cc(-c2cc3n(n2)CC[C@H]3NC(=O)c2cc(F)cc(Cl)c2)ccn1. The number of aryl methyl sites for hydroxylation is 1. The Kier molecular flexibility index (Phi) is 4.53. The summed E-state index contributed by atoms with van der Waals surface area (Å²) in [5, 5.41) is 7.71. The van der Waals surface area contributed by atoms with Crippen molar-refractivity contribution in [2.24, 2.45) is 0 Å². The fraction of sp³-hybridized carbons (Fsp3) is 0.211. The van der Waals surface area contributed by atoms with E-state index in [1.165, 1.54) is 12.1 Å². The molecule has 1 aliphatic rings. The molecule has 1 atom stereocenters. The Morgan fingerprint density at radius 2 is 2.19 bits per heavy atom. The summed E-state index contributed by atoms with van der Waals surface area (Å²) in [5.74, 6) is -0.408. The highest BCUT2D eigenvalue weighted by atomic mass is 35.5. The highest BCUT2D eigenvalue weighted by Crippen LogP contribution is 2.31. The fourth-order valence-corrected chi connectivity index (χ4v) is 3.41. The maximum Gasteiger partial charge on any atom is 0.251 e. The number of nitrogens with one attached hydrogen (secondary N) is 1. The van der Waals surface area contributed by atoms with E-state index in [-0.39, 0.29) is 22.5 Å². The molecular formula is C19H16ClFN4O2. The summed E-state index contributed by atoms with van der Waals surface area (Å²) in [7, 11) is 1.56. The van der Waals surface area contributed by atoms with Crippen LogP contribution in [0.15, 0.2) is 42.6 Å². The molecule has 0 aliphatic carbocycles. The zero-order chi connectivity index (χ0) is 19.0. The monoisotopic (exact) mass is 386 g/mol. The van der Waals surface area contributed by atoms with Gasteiger partial charge in [-0.05, 0) is 36.8 Å². The van der Waals surface area contributed by atoms with E-state index in [1.54, 1.807) is 19.4 Å². The summed E-state index contributed by atoms with van der Waals surface area (Å²) in [6, 6.07) is 9.17. The van der Waals surface area contributed by atoms with Gasteiger partial charge in [-0.2, -0.15) is 5.10 Å². The molecule has 8 heteroatoms. The van der Waals surface area contributed by atoms with Gasteiger partial charge in [-0.1, -0.05) is 11.6 Å². The summed E-state index contributed by atoms with van der Waals surface area (Å²) >= 11 is 5.84. The lowest BCUT2D eigenvalue weighted by Crippen LogP contribution is -2.27. The molecule has 3 aromatic rings. The zero-order valence-corrected chi connectivity index (χ0v) is 15.2. The summed E-state index contributed by atoms with van der Waals surface area (Å²) < 4.78 is 20.5. The number of hydrogen-bond donors (Lipinski definition) is 1. The average molecular weight is 387 g/mol. The number of halogens is 2. The Morgan fingerprint density at radius 1 is 1.33 bits per heavy atom. The van der Waals surface area contributed by atoms with Gasteiger partial charge in [0.05, 0.1) is 24.5 Å². The number of aromatic nitrogens is 3. The smallest absolute Gasteiger partial charge is 0.251 e. The molecule has 27 heavy (non-hydrogen) atoms. The van der Waals surface area contributed by atoms with Gasteiger partial charge in [0, 0.05) is 35.0 Å². The highest BCUT2D eigenvalue weighted by Gasteiger charge is 2.27. The largest absolute Gasteiger partial charge is 0.481 e. The van der Waals surface area contributed by atoms with Crippen molar-refractivity contribution in [1.82, 2.24) is 20.1 Å². The first-order chi connectivity index (χ1) is 13.0. The van der Waals surface area contributed by atoms with E-state index in [2.05, 4.69) is 15.4 Å². The van der Waals surface area contributed by atoms with E-state index >= 15 is 0 Å². The van der Waals surface area contributed by atoms with Gasteiger partial charge in [-0.15, -0.1) is 0 Å². The number of carbonyl (C=O) groups is 1. The standard InChI is InChI=1S/C19H16ClFN4O2/c1-27-18-8-11(2-4-22-18)16-10-17-15(3-5-25(17)24-16)23-19(26)12-6-13(20)9-14(21)7-12/h2,4,6-10,15H,3,5H2,1H3,(H,23,26)/t15-/m1/s1. The predicted octanol–water partition coefficient (Wildman–Crippen LogP) is 3.62. The molecule has 6 nitrogen and oxygen atoms in total. The van der Waals surface area contributed by atoms with Crippen LogP contribution in [0.5, 0.6) is 5.88 Å². The molecule has 0 spiro atoms. The van der Waals surface area contributed by atoms with Gasteiger partial charge >= 0.3 is 0 Å². The minimum Gasteiger partial charge on any atom is -0.481 e. The normalized spacial score (nSPS) is 15.4. The van der Waals surface area contributed by atoms with Crippen molar-refractivity contribution in [3.05, 3.63) is 64.7 Å². The van der Waals surface area contributed by atoms with Crippen LogP contribution in [0, 0.1) is 5.82 Å². The second-order valence-electron chi connectivity index (χ2n) is 6.24. The number of carbonyl (C=O) groups excluding carboxylic acids is 1. The van der Waals surface area contributed by atoms with Crippen LogP contribution in [0.1, 0.15) is 28.5 Å².